The molecule has 2 N–H and O–H groups in total. The van der Waals surface area contributed by atoms with Crippen LogP contribution in [-0.4, -0.2) is 82.2 Å². The number of hydrogen-bond donors (Lipinski definition) is 2. The minimum absolute atomic E-state index is 0.0796. The predicted molar refractivity (Wildman–Crippen MR) is 150 cm³/mol. The fraction of sp³-hybridized carbons (Fsp3) is 0.370. The maximum absolute atomic E-state index is 13.8. The first-order chi connectivity index (χ1) is 19.4. The van der Waals surface area contributed by atoms with Gasteiger partial charge < -0.3 is 15.2 Å². The molecule has 0 bridgehead atoms. The minimum Gasteiger partial charge on any atom is -0.450 e. The van der Waals surface area contributed by atoms with E-state index >= 15 is 0 Å². The molecule has 4 rings (SSSR count). The smallest absolute Gasteiger partial charge is 0.450 e. The Kier molecular flexibility index (Phi) is 8.73. The summed E-state index contributed by atoms with van der Waals surface area (Å²) in [5, 5.41) is 16.4. The monoisotopic (exact) mass is 584 g/mol. The molecule has 0 radical (unpaired) electrons. The molecule has 0 saturated carbocycles. The molecule has 1 aromatic carbocycles. The average Bonchev–Trinajstić information content (AvgIpc) is 3.30. The van der Waals surface area contributed by atoms with Gasteiger partial charge in [-0.15, -0.1) is 0 Å². The van der Waals surface area contributed by atoms with Crippen LogP contribution in [0.5, 0.6) is 0 Å². The number of sulfonamides is 1. The van der Waals surface area contributed by atoms with Crippen molar-refractivity contribution in [2.24, 2.45) is 7.05 Å². The van der Waals surface area contributed by atoms with Gasteiger partial charge in [-0.3, -0.25) is 19.2 Å². The number of nitrogens with zero attached hydrogens (tertiary/aromatic N) is 5. The molecule has 1 aliphatic heterocycles. The molecule has 218 valence electrons. The van der Waals surface area contributed by atoms with Gasteiger partial charge in [-0.25, -0.2) is 18.2 Å². The topological polar surface area (TPSA) is 164 Å². The van der Waals surface area contributed by atoms with E-state index in [1.54, 1.807) is 35.4 Å². The van der Waals surface area contributed by atoms with Crippen LogP contribution in [-0.2, 0) is 21.8 Å². The van der Waals surface area contributed by atoms with E-state index in [1.807, 2.05) is 19.1 Å². The van der Waals surface area contributed by atoms with Gasteiger partial charge in [0.2, 0.25) is 10.0 Å². The van der Waals surface area contributed by atoms with Crippen molar-refractivity contribution in [1.82, 2.24) is 24.4 Å². The third-order valence-corrected chi connectivity index (χ3v) is 7.99. The summed E-state index contributed by atoms with van der Waals surface area (Å²) in [6.45, 7) is 4.58. The number of carbonyl (C=O) groups excluding carboxylic acids is 2. The first-order valence-corrected chi connectivity index (χ1v) is 14.8. The highest BCUT2D eigenvalue weighted by Gasteiger charge is 2.36. The highest BCUT2D eigenvalue weighted by Crippen LogP contribution is 2.29. The maximum atomic E-state index is 13.8. The van der Waals surface area contributed by atoms with Crippen LogP contribution in [0.3, 0.4) is 0 Å². The van der Waals surface area contributed by atoms with Crippen molar-refractivity contribution in [2.45, 2.75) is 39.0 Å². The van der Waals surface area contributed by atoms with Crippen molar-refractivity contribution in [3.05, 3.63) is 65.6 Å². The molecule has 3 heterocycles. The lowest BCUT2D eigenvalue weighted by Crippen LogP contribution is -2.49. The van der Waals surface area contributed by atoms with Gasteiger partial charge in [-0.05, 0) is 62.6 Å². The van der Waals surface area contributed by atoms with Crippen LogP contribution in [0.15, 0.2) is 48.8 Å². The fourth-order valence-corrected chi connectivity index (χ4v) is 5.91. The zero-order chi connectivity index (χ0) is 29.9. The van der Waals surface area contributed by atoms with Gasteiger partial charge in [0.05, 0.1) is 18.5 Å². The zero-order valence-corrected chi connectivity index (χ0v) is 24.0. The lowest BCUT2D eigenvalue weighted by Gasteiger charge is -2.34. The van der Waals surface area contributed by atoms with Crippen LogP contribution >= 0.6 is 0 Å². The number of benzene rings is 1. The molecule has 1 saturated heterocycles. The van der Waals surface area contributed by atoms with Crippen molar-refractivity contribution < 1.29 is 32.6 Å². The molecule has 0 spiro atoms. The lowest BCUT2D eigenvalue weighted by atomic mass is 10.0. The van der Waals surface area contributed by atoms with E-state index in [-0.39, 0.29) is 17.6 Å². The minimum atomic E-state index is -4.23. The molecule has 3 aromatic rings. The summed E-state index contributed by atoms with van der Waals surface area (Å²) in [6.07, 6.45) is 2.23. The zero-order valence-electron chi connectivity index (χ0n) is 23.1. The first kappa shape index (κ1) is 29.7. The second kappa shape index (κ2) is 12.1. The number of ether oxygens (including phenoxy) is 1. The second-order valence-electron chi connectivity index (χ2n) is 9.77. The van der Waals surface area contributed by atoms with E-state index in [0.29, 0.717) is 33.4 Å². The summed E-state index contributed by atoms with van der Waals surface area (Å²) in [7, 11) is -2.76. The number of amides is 2. The van der Waals surface area contributed by atoms with Gasteiger partial charge in [0.15, 0.2) is 6.23 Å². The van der Waals surface area contributed by atoms with Crippen LogP contribution in [0, 0.1) is 6.92 Å². The maximum Gasteiger partial charge on any atom is 0.507 e. The fourth-order valence-electron chi connectivity index (χ4n) is 4.94. The van der Waals surface area contributed by atoms with Crippen LogP contribution in [0.25, 0.3) is 11.1 Å². The van der Waals surface area contributed by atoms with E-state index in [4.69, 9.17) is 5.11 Å². The molecule has 1 aliphatic rings. The summed E-state index contributed by atoms with van der Waals surface area (Å²) < 4.78 is 31.0. The Bertz CT molecular complexity index is 1550. The van der Waals surface area contributed by atoms with Crippen LogP contribution in [0.4, 0.5) is 10.6 Å². The highest BCUT2D eigenvalue weighted by atomic mass is 32.2. The molecule has 2 amide bonds. The largest absolute Gasteiger partial charge is 0.507 e. The summed E-state index contributed by atoms with van der Waals surface area (Å²) in [5.74, 6) is -0.649. The molecule has 2 aromatic heterocycles. The number of pyridine rings is 1. The number of anilines is 1. The highest BCUT2D eigenvalue weighted by molar-refractivity contribution is 7.88. The van der Waals surface area contributed by atoms with E-state index in [9.17, 15) is 22.8 Å². The normalized spacial score (nSPS) is 16.0. The SMILES string of the molecule is Cc1cccnc1N(C(=O)c1ccc(-c2cnn(C)c2C(=O)N(C(C)OC(=O)O)S(C)(=O)=O)cc1)[C@@H]1CCCNC1. The van der Waals surface area contributed by atoms with Gasteiger partial charge in [-0.2, -0.15) is 9.40 Å². The molecule has 14 heteroatoms. The molecule has 41 heavy (non-hydrogen) atoms. The lowest BCUT2D eigenvalue weighted by molar-refractivity contribution is 0.0121. The average molecular weight is 585 g/mol. The van der Waals surface area contributed by atoms with Crippen LogP contribution in [0.1, 0.15) is 46.2 Å². The molecular weight excluding hydrogens is 552 g/mol. The van der Waals surface area contributed by atoms with E-state index in [1.165, 1.54) is 17.9 Å². The van der Waals surface area contributed by atoms with Crippen molar-refractivity contribution in [2.75, 3.05) is 24.2 Å². The number of carboxylic acid groups (broad SMARTS) is 1. The first-order valence-electron chi connectivity index (χ1n) is 12.9. The molecule has 1 fully saturated rings. The number of carbonyl (C=O) groups is 3. The van der Waals surface area contributed by atoms with Crippen molar-refractivity contribution >= 4 is 33.8 Å². The Morgan fingerprint density at radius 2 is 1.88 bits per heavy atom. The standard InChI is InChI=1S/C27H32N6O7S/c1-17-7-5-14-29-24(17)32(21-8-6-13-28-15-21)25(34)20-11-9-19(10-12-20)22-16-30-31(3)23(22)26(35)33(41(4,38)39)18(2)40-27(36)37/h5,7,9-12,14,16,18,21,28H,6,8,13,15H2,1-4H3,(H,36,37)/t18?,21-/m1/s1. The second-order valence-corrected chi connectivity index (χ2v) is 11.6. The van der Waals surface area contributed by atoms with Crippen molar-refractivity contribution in [1.29, 1.82) is 0 Å². The summed E-state index contributed by atoms with van der Waals surface area (Å²) in [5.41, 5.74) is 1.97. The Balaban J connectivity index is 1.68. The number of aromatic nitrogens is 3. The molecular formula is C27H32N6O7S. The molecule has 1 unspecified atom stereocenters. The van der Waals surface area contributed by atoms with Crippen LogP contribution < -0.4 is 10.2 Å². The van der Waals surface area contributed by atoms with E-state index in [2.05, 4.69) is 20.1 Å². The van der Waals surface area contributed by atoms with Gasteiger partial charge in [0.1, 0.15) is 11.5 Å². The summed E-state index contributed by atoms with van der Waals surface area (Å²) in [6, 6.07) is 10.2. The Morgan fingerprint density at radius 3 is 2.46 bits per heavy atom. The van der Waals surface area contributed by atoms with Gasteiger partial charge in [0, 0.05) is 30.9 Å². The van der Waals surface area contributed by atoms with E-state index in [0.717, 1.165) is 38.1 Å². The molecule has 0 aliphatic carbocycles. The van der Waals surface area contributed by atoms with Crippen molar-refractivity contribution in [3.8, 4) is 11.1 Å². The van der Waals surface area contributed by atoms with Crippen molar-refractivity contribution in [3.63, 3.8) is 0 Å². The number of hydrogen-bond acceptors (Lipinski definition) is 9. The summed E-state index contributed by atoms with van der Waals surface area (Å²) >= 11 is 0. The molecule has 2 atom stereocenters. The number of piperidine rings is 1. The van der Waals surface area contributed by atoms with Gasteiger partial charge in [0.25, 0.3) is 11.8 Å². The summed E-state index contributed by atoms with van der Waals surface area (Å²) in [4.78, 5) is 44.6. The van der Waals surface area contributed by atoms with E-state index < -0.39 is 28.3 Å². The van der Waals surface area contributed by atoms with Gasteiger partial charge in [-0.1, -0.05) is 18.2 Å². The Labute approximate surface area is 237 Å². The Hall–Kier alpha value is -4.30. The number of rotatable bonds is 8. The quantitative estimate of drug-likeness (QED) is 0.297. The number of nitrogens with one attached hydrogen (secondary N) is 1. The molecule has 13 nitrogen and oxygen atoms in total. The Morgan fingerprint density at radius 1 is 1.17 bits per heavy atom. The number of aryl methyl sites for hydroxylation is 2. The van der Waals surface area contributed by atoms with Crippen LogP contribution in [0.2, 0.25) is 0 Å². The van der Waals surface area contributed by atoms with Gasteiger partial charge >= 0.3 is 6.16 Å². The third-order valence-electron chi connectivity index (χ3n) is 6.81. The predicted octanol–water partition coefficient (Wildman–Crippen LogP) is 2.63. The third kappa shape index (κ3) is 6.38.